The van der Waals surface area contributed by atoms with Crippen molar-refractivity contribution in [2.75, 3.05) is 6.54 Å². The van der Waals surface area contributed by atoms with Gasteiger partial charge in [-0.3, -0.25) is 4.79 Å². The molecule has 0 atom stereocenters. The number of carboxylic acids is 1. The summed E-state index contributed by atoms with van der Waals surface area (Å²) in [7, 11) is 0. The van der Waals surface area contributed by atoms with E-state index >= 15 is 0 Å². The van der Waals surface area contributed by atoms with Gasteiger partial charge in [0.2, 0.25) is 5.43 Å². The second kappa shape index (κ2) is 3.26. The van der Waals surface area contributed by atoms with Crippen LogP contribution in [-0.2, 0) is 13.0 Å². The number of carbonyl (C=O) groups is 1. The van der Waals surface area contributed by atoms with Crippen LogP contribution in [0.5, 0.6) is 0 Å². The number of aromatic carboxylic acids is 1. The van der Waals surface area contributed by atoms with Gasteiger partial charge in [0.1, 0.15) is 5.56 Å². The van der Waals surface area contributed by atoms with Crippen LogP contribution in [0.2, 0.25) is 0 Å². The zero-order valence-electron chi connectivity index (χ0n) is 7.46. The van der Waals surface area contributed by atoms with Gasteiger partial charge in [-0.2, -0.15) is 0 Å². The molecule has 0 aliphatic carbocycles. The number of hydrogen-bond acceptors (Lipinski definition) is 3. The van der Waals surface area contributed by atoms with E-state index in [1.807, 2.05) is 0 Å². The van der Waals surface area contributed by atoms with Crippen LogP contribution in [0.25, 0.3) is 0 Å². The van der Waals surface area contributed by atoms with Crippen molar-refractivity contribution in [2.24, 2.45) is 0 Å². The maximum atomic E-state index is 11.6. The molecule has 0 amide bonds. The topological polar surface area (TPSA) is 82.2 Å². The van der Waals surface area contributed by atoms with E-state index in [-0.39, 0.29) is 11.0 Å². The summed E-state index contributed by atoms with van der Waals surface area (Å²) in [5, 5.41) is 11.8. The highest BCUT2D eigenvalue weighted by atomic mass is 16.4. The molecule has 5 heteroatoms. The predicted molar refractivity (Wildman–Crippen MR) is 49.4 cm³/mol. The first-order valence-corrected chi connectivity index (χ1v) is 4.37. The summed E-state index contributed by atoms with van der Waals surface area (Å²) >= 11 is 0. The summed E-state index contributed by atoms with van der Waals surface area (Å²) in [6, 6.07) is 0. The Balaban J connectivity index is 2.60. The smallest absolute Gasteiger partial charge is 0.341 e. The van der Waals surface area contributed by atoms with Gasteiger partial charge in [-0.15, -0.1) is 0 Å². The van der Waals surface area contributed by atoms with Crippen molar-refractivity contribution >= 4 is 5.97 Å². The molecule has 1 aliphatic heterocycles. The first-order chi connectivity index (χ1) is 6.70. The molecular formula is C9H10N2O3. The predicted octanol–water partition coefficient (Wildman–Crippen LogP) is -0.281. The third kappa shape index (κ3) is 1.31. The van der Waals surface area contributed by atoms with Gasteiger partial charge >= 0.3 is 5.97 Å². The molecule has 0 spiro atoms. The summed E-state index contributed by atoms with van der Waals surface area (Å²) < 4.78 is 0. The molecule has 1 aromatic rings. The van der Waals surface area contributed by atoms with Crippen molar-refractivity contribution in [2.45, 2.75) is 13.0 Å². The Bertz CT molecular complexity index is 436. The number of carboxylic acid groups (broad SMARTS) is 1. The minimum atomic E-state index is -1.18. The fraction of sp³-hybridized carbons (Fsp3) is 0.333. The molecule has 2 heterocycles. The van der Waals surface area contributed by atoms with Crippen LogP contribution in [-0.4, -0.2) is 22.6 Å². The van der Waals surface area contributed by atoms with Crippen molar-refractivity contribution in [3.8, 4) is 0 Å². The highest BCUT2D eigenvalue weighted by Gasteiger charge is 2.17. The summed E-state index contributed by atoms with van der Waals surface area (Å²) in [5.41, 5.74) is 0.834. The number of nitrogens with one attached hydrogen (secondary N) is 2. The molecule has 0 aromatic carbocycles. The van der Waals surface area contributed by atoms with E-state index in [2.05, 4.69) is 10.3 Å². The number of pyridine rings is 1. The molecule has 2 rings (SSSR count). The van der Waals surface area contributed by atoms with Crippen LogP contribution in [0.3, 0.4) is 0 Å². The summed E-state index contributed by atoms with van der Waals surface area (Å²) in [5.74, 6) is -1.18. The van der Waals surface area contributed by atoms with E-state index in [0.717, 1.165) is 18.7 Å². The molecular weight excluding hydrogens is 184 g/mol. The number of aromatic nitrogens is 1. The van der Waals surface area contributed by atoms with Crippen LogP contribution in [0.15, 0.2) is 11.0 Å². The second-order valence-corrected chi connectivity index (χ2v) is 3.22. The average Bonchev–Trinajstić information content (AvgIpc) is 2.18. The minimum Gasteiger partial charge on any atom is -0.477 e. The molecule has 5 nitrogen and oxygen atoms in total. The van der Waals surface area contributed by atoms with Crippen LogP contribution in [0.1, 0.15) is 21.6 Å². The lowest BCUT2D eigenvalue weighted by atomic mass is 10.0. The molecule has 0 radical (unpaired) electrons. The highest BCUT2D eigenvalue weighted by Crippen LogP contribution is 2.07. The van der Waals surface area contributed by atoms with E-state index < -0.39 is 5.97 Å². The maximum Gasteiger partial charge on any atom is 0.341 e. The van der Waals surface area contributed by atoms with Gasteiger partial charge < -0.3 is 15.4 Å². The summed E-state index contributed by atoms with van der Waals surface area (Å²) in [4.78, 5) is 25.1. The lowest BCUT2D eigenvalue weighted by molar-refractivity contribution is 0.0695. The zero-order valence-corrected chi connectivity index (χ0v) is 7.46. The van der Waals surface area contributed by atoms with Gasteiger partial charge in [0.25, 0.3) is 0 Å². The van der Waals surface area contributed by atoms with Crippen molar-refractivity contribution < 1.29 is 9.90 Å². The molecule has 0 saturated heterocycles. The Morgan fingerprint density at radius 1 is 1.50 bits per heavy atom. The third-order valence-corrected chi connectivity index (χ3v) is 2.36. The Hall–Kier alpha value is -1.62. The SMILES string of the molecule is O=C(O)c1c[nH]c2c(c1=O)CNCC2. The highest BCUT2D eigenvalue weighted by molar-refractivity contribution is 5.87. The molecule has 0 saturated carbocycles. The maximum absolute atomic E-state index is 11.6. The third-order valence-electron chi connectivity index (χ3n) is 2.36. The first kappa shape index (κ1) is 8.96. The standard InChI is InChI=1S/C9H10N2O3/c12-8-5-3-10-2-1-7(5)11-4-6(8)9(13)14/h4,10H,1-3H2,(H,11,12)(H,13,14). The lowest BCUT2D eigenvalue weighted by Crippen LogP contribution is -2.32. The van der Waals surface area contributed by atoms with E-state index in [0.29, 0.717) is 12.1 Å². The van der Waals surface area contributed by atoms with Crippen LogP contribution < -0.4 is 10.7 Å². The molecule has 14 heavy (non-hydrogen) atoms. The largest absolute Gasteiger partial charge is 0.477 e. The Labute approximate surface area is 79.8 Å². The average molecular weight is 194 g/mol. The summed E-state index contributed by atoms with van der Waals surface area (Å²) in [6.07, 6.45) is 2.01. The summed E-state index contributed by atoms with van der Waals surface area (Å²) in [6.45, 7) is 1.27. The molecule has 0 fully saturated rings. The molecule has 1 aromatic heterocycles. The van der Waals surface area contributed by atoms with E-state index in [4.69, 9.17) is 5.11 Å². The number of aromatic amines is 1. The van der Waals surface area contributed by atoms with Gasteiger partial charge in [0, 0.05) is 37.0 Å². The van der Waals surface area contributed by atoms with Crippen LogP contribution in [0, 0.1) is 0 Å². The fourth-order valence-corrected chi connectivity index (χ4v) is 1.61. The Morgan fingerprint density at radius 2 is 2.29 bits per heavy atom. The molecule has 1 aliphatic rings. The Morgan fingerprint density at radius 3 is 3.00 bits per heavy atom. The monoisotopic (exact) mass is 194 g/mol. The van der Waals surface area contributed by atoms with Crippen LogP contribution >= 0.6 is 0 Å². The van der Waals surface area contributed by atoms with Gasteiger partial charge in [-0.05, 0) is 0 Å². The van der Waals surface area contributed by atoms with Gasteiger partial charge in [0.05, 0.1) is 0 Å². The van der Waals surface area contributed by atoms with Gasteiger partial charge in [-0.25, -0.2) is 4.79 Å². The molecule has 3 N–H and O–H groups in total. The molecule has 0 bridgehead atoms. The number of rotatable bonds is 1. The van der Waals surface area contributed by atoms with Crippen molar-refractivity contribution in [1.29, 1.82) is 0 Å². The normalized spacial score (nSPS) is 14.9. The lowest BCUT2D eigenvalue weighted by Gasteiger charge is -2.15. The molecule has 74 valence electrons. The Kier molecular flexibility index (Phi) is 2.09. The van der Waals surface area contributed by atoms with E-state index in [9.17, 15) is 9.59 Å². The number of fused-ring (bicyclic) bond motifs is 1. The number of H-pyrrole nitrogens is 1. The van der Waals surface area contributed by atoms with Crippen LogP contribution in [0.4, 0.5) is 0 Å². The second-order valence-electron chi connectivity index (χ2n) is 3.22. The fourth-order valence-electron chi connectivity index (χ4n) is 1.61. The van der Waals surface area contributed by atoms with Gasteiger partial charge in [-0.1, -0.05) is 0 Å². The van der Waals surface area contributed by atoms with Gasteiger partial charge in [0.15, 0.2) is 0 Å². The van der Waals surface area contributed by atoms with Crippen molar-refractivity contribution in [3.05, 3.63) is 33.2 Å². The van der Waals surface area contributed by atoms with E-state index in [1.54, 1.807) is 0 Å². The quantitative estimate of drug-likeness (QED) is 0.574. The first-order valence-electron chi connectivity index (χ1n) is 4.37. The van der Waals surface area contributed by atoms with E-state index in [1.165, 1.54) is 6.20 Å². The van der Waals surface area contributed by atoms with Crippen molar-refractivity contribution in [1.82, 2.24) is 10.3 Å². The molecule has 0 unspecified atom stereocenters. The number of hydrogen-bond donors (Lipinski definition) is 3. The minimum absolute atomic E-state index is 0.188. The van der Waals surface area contributed by atoms with Crippen molar-refractivity contribution in [3.63, 3.8) is 0 Å². The zero-order chi connectivity index (χ0) is 10.1.